The molecule has 0 amide bonds. The van der Waals surface area contributed by atoms with Crippen molar-refractivity contribution in [2.45, 2.75) is 56.4 Å². The lowest BCUT2D eigenvalue weighted by atomic mass is 9.76. The zero-order valence-corrected chi connectivity index (χ0v) is 24.1. The molecule has 43 heavy (non-hydrogen) atoms. The summed E-state index contributed by atoms with van der Waals surface area (Å²) in [5, 5.41) is 22.2. The largest absolute Gasteiger partial charge is 0.493 e. The Labute approximate surface area is 247 Å². The van der Waals surface area contributed by atoms with Gasteiger partial charge in [-0.1, -0.05) is 0 Å². The van der Waals surface area contributed by atoms with Crippen LogP contribution in [0, 0.1) is 11.8 Å². The van der Waals surface area contributed by atoms with Gasteiger partial charge in [0.1, 0.15) is 24.4 Å². The lowest BCUT2D eigenvalue weighted by molar-refractivity contribution is -0.364. The van der Waals surface area contributed by atoms with Gasteiger partial charge in [-0.15, -0.1) is 0 Å². The standard InChI is InChI=1S/C30H34O13/c1-12-37-10-21-26(41-12)23(31)24(32)30(42-21)43-25-15-8-19-18(39-11-40-19)7-14(15)22-13(5-16-17(25)9-38-29(16)33)6-20(34-2)27(35-3)28(22)36-4/h6-8,12,16-17,21,23-26,30-32H,5,9-11H2,1-4H3. The number of fused-ring (bicyclic) bond motifs is 6. The SMILES string of the molecule is COc1cc2c(c(OC)c1OC)-c1cc3c(cc1C(OC1OC4COC(C)OC4C(O)C1O)C1COC(=O)C1C2)OCO3. The summed E-state index contributed by atoms with van der Waals surface area (Å²) in [5.74, 6) is 0.758. The van der Waals surface area contributed by atoms with E-state index in [9.17, 15) is 15.0 Å². The van der Waals surface area contributed by atoms with Gasteiger partial charge in [-0.25, -0.2) is 0 Å². The van der Waals surface area contributed by atoms with Crippen LogP contribution in [0.1, 0.15) is 24.2 Å². The number of benzene rings is 2. The van der Waals surface area contributed by atoms with Crippen molar-refractivity contribution in [2.75, 3.05) is 41.3 Å². The number of methoxy groups -OCH3 is 3. The van der Waals surface area contributed by atoms with Gasteiger partial charge in [0, 0.05) is 11.5 Å². The molecular formula is C30H34O13. The van der Waals surface area contributed by atoms with Gasteiger partial charge in [0.05, 0.1) is 46.6 Å². The molecular weight excluding hydrogens is 568 g/mol. The average molecular weight is 603 g/mol. The molecule has 4 heterocycles. The minimum Gasteiger partial charge on any atom is -0.493 e. The maximum absolute atomic E-state index is 13.2. The minimum atomic E-state index is -1.45. The molecule has 13 heteroatoms. The number of aliphatic hydroxyl groups is 2. The molecule has 2 N–H and O–H groups in total. The third-order valence-electron chi connectivity index (χ3n) is 8.86. The fraction of sp³-hybridized carbons (Fsp3) is 0.567. The zero-order valence-electron chi connectivity index (χ0n) is 24.1. The molecule has 4 aliphatic heterocycles. The second-order valence-corrected chi connectivity index (χ2v) is 11.2. The van der Waals surface area contributed by atoms with E-state index in [1.807, 2.05) is 12.1 Å². The molecule has 2 aromatic rings. The molecule has 232 valence electrons. The van der Waals surface area contributed by atoms with Crippen LogP contribution < -0.4 is 23.7 Å². The number of carbonyl (C=O) groups excluding carboxylic acids is 1. The maximum Gasteiger partial charge on any atom is 0.309 e. The Kier molecular flexibility index (Phi) is 7.27. The number of hydrogen-bond acceptors (Lipinski definition) is 13. The van der Waals surface area contributed by atoms with Crippen LogP contribution in [0.5, 0.6) is 28.7 Å². The second-order valence-electron chi connectivity index (χ2n) is 11.2. The molecule has 1 aliphatic carbocycles. The van der Waals surface area contributed by atoms with Gasteiger partial charge in [-0.05, 0) is 48.2 Å². The van der Waals surface area contributed by atoms with Crippen LogP contribution in [0.15, 0.2) is 18.2 Å². The van der Waals surface area contributed by atoms with Gasteiger partial charge in [0.25, 0.3) is 0 Å². The molecule has 9 unspecified atom stereocenters. The highest BCUT2D eigenvalue weighted by molar-refractivity contribution is 5.85. The van der Waals surface area contributed by atoms with Crippen molar-refractivity contribution >= 4 is 5.97 Å². The minimum absolute atomic E-state index is 0.0332. The van der Waals surface area contributed by atoms with Gasteiger partial charge in [0.2, 0.25) is 12.5 Å². The van der Waals surface area contributed by atoms with E-state index in [-0.39, 0.29) is 32.4 Å². The summed E-state index contributed by atoms with van der Waals surface area (Å²) in [6, 6.07) is 5.48. The van der Waals surface area contributed by atoms with Crippen LogP contribution in [0.2, 0.25) is 0 Å². The molecule has 3 saturated heterocycles. The van der Waals surface area contributed by atoms with E-state index < -0.39 is 54.9 Å². The van der Waals surface area contributed by atoms with Gasteiger partial charge in [0.15, 0.2) is 35.6 Å². The first kappa shape index (κ1) is 28.4. The number of aliphatic hydroxyl groups excluding tert-OH is 2. The quantitative estimate of drug-likeness (QED) is 0.479. The Morgan fingerprint density at radius 2 is 1.65 bits per heavy atom. The number of carbonyl (C=O) groups is 1. The average Bonchev–Trinajstić information content (AvgIpc) is 3.62. The first-order chi connectivity index (χ1) is 20.8. The summed E-state index contributed by atoms with van der Waals surface area (Å²) in [6.07, 6.45) is -6.61. The Bertz CT molecular complexity index is 1410. The monoisotopic (exact) mass is 602 g/mol. The Balaban J connectivity index is 1.39. The highest BCUT2D eigenvalue weighted by Gasteiger charge is 2.52. The van der Waals surface area contributed by atoms with Crippen LogP contribution in [0.3, 0.4) is 0 Å². The van der Waals surface area contributed by atoms with E-state index in [0.29, 0.717) is 45.4 Å². The molecule has 2 aromatic carbocycles. The number of cyclic esters (lactones) is 1. The first-order valence-corrected chi connectivity index (χ1v) is 14.2. The van der Waals surface area contributed by atoms with E-state index >= 15 is 0 Å². The number of ether oxygens (including phenoxy) is 10. The molecule has 0 radical (unpaired) electrons. The molecule has 9 atom stereocenters. The number of hydrogen-bond donors (Lipinski definition) is 2. The smallest absolute Gasteiger partial charge is 0.309 e. The number of esters is 1. The molecule has 0 bridgehead atoms. The highest BCUT2D eigenvalue weighted by Crippen LogP contribution is 2.55. The van der Waals surface area contributed by atoms with Gasteiger partial charge in [-0.2, -0.15) is 0 Å². The third-order valence-corrected chi connectivity index (χ3v) is 8.86. The topological polar surface area (TPSA) is 150 Å². The van der Waals surface area contributed by atoms with Gasteiger partial charge >= 0.3 is 5.97 Å². The first-order valence-electron chi connectivity index (χ1n) is 14.2. The summed E-state index contributed by atoms with van der Waals surface area (Å²) in [6.45, 7) is 1.96. The van der Waals surface area contributed by atoms with Crippen LogP contribution >= 0.6 is 0 Å². The Hall–Kier alpha value is -3.33. The predicted molar refractivity (Wildman–Crippen MR) is 144 cm³/mol. The van der Waals surface area contributed by atoms with Crippen molar-refractivity contribution in [3.8, 4) is 39.9 Å². The Morgan fingerprint density at radius 3 is 2.40 bits per heavy atom. The lowest BCUT2D eigenvalue weighted by Gasteiger charge is -2.47. The van der Waals surface area contributed by atoms with Crippen LogP contribution in [0.25, 0.3) is 11.1 Å². The fourth-order valence-electron chi connectivity index (χ4n) is 6.78. The predicted octanol–water partition coefficient (Wildman–Crippen LogP) is 1.72. The van der Waals surface area contributed by atoms with Crippen LogP contribution in [-0.4, -0.2) is 94.5 Å². The Morgan fingerprint density at radius 1 is 0.884 bits per heavy atom. The number of rotatable bonds is 5. The lowest BCUT2D eigenvalue weighted by Crippen LogP contribution is -2.63. The third kappa shape index (κ3) is 4.57. The van der Waals surface area contributed by atoms with Crippen LogP contribution in [-0.2, 0) is 34.9 Å². The van der Waals surface area contributed by atoms with Crippen molar-refractivity contribution in [3.05, 3.63) is 29.3 Å². The van der Waals surface area contributed by atoms with Crippen molar-refractivity contribution in [1.82, 2.24) is 0 Å². The maximum atomic E-state index is 13.2. The highest BCUT2D eigenvalue weighted by atomic mass is 16.8. The van der Waals surface area contributed by atoms with Crippen LogP contribution in [0.4, 0.5) is 0 Å². The second kappa shape index (κ2) is 11.0. The van der Waals surface area contributed by atoms with Gasteiger partial charge < -0.3 is 57.6 Å². The summed E-state index contributed by atoms with van der Waals surface area (Å²) >= 11 is 0. The van der Waals surface area contributed by atoms with Crippen molar-refractivity contribution in [3.63, 3.8) is 0 Å². The summed E-state index contributed by atoms with van der Waals surface area (Å²) in [7, 11) is 4.59. The molecule has 7 rings (SSSR count). The molecule has 0 aromatic heterocycles. The van der Waals surface area contributed by atoms with E-state index in [2.05, 4.69) is 0 Å². The zero-order chi connectivity index (χ0) is 30.0. The van der Waals surface area contributed by atoms with E-state index in [1.165, 1.54) is 21.3 Å². The summed E-state index contributed by atoms with van der Waals surface area (Å²) in [5.41, 5.74) is 2.75. The summed E-state index contributed by atoms with van der Waals surface area (Å²) in [4.78, 5) is 13.2. The normalized spacial score (nSPS) is 34.1. The van der Waals surface area contributed by atoms with Gasteiger partial charge in [-0.3, -0.25) is 4.79 Å². The molecule has 0 saturated carbocycles. The van der Waals surface area contributed by atoms with E-state index in [0.717, 1.165) is 5.56 Å². The molecule has 3 fully saturated rings. The fourth-order valence-corrected chi connectivity index (χ4v) is 6.78. The molecule has 5 aliphatic rings. The van der Waals surface area contributed by atoms with Crippen molar-refractivity contribution < 1.29 is 62.4 Å². The molecule has 0 spiro atoms. The summed E-state index contributed by atoms with van der Waals surface area (Å²) < 4.78 is 58.4. The molecule has 13 nitrogen and oxygen atoms in total. The van der Waals surface area contributed by atoms with E-state index in [1.54, 1.807) is 13.0 Å². The van der Waals surface area contributed by atoms with Crippen molar-refractivity contribution in [2.24, 2.45) is 11.8 Å². The van der Waals surface area contributed by atoms with Crippen molar-refractivity contribution in [1.29, 1.82) is 0 Å². The van der Waals surface area contributed by atoms with E-state index in [4.69, 9.17) is 47.4 Å².